The van der Waals surface area contributed by atoms with Crippen molar-refractivity contribution in [2.75, 3.05) is 31.6 Å². The Morgan fingerprint density at radius 3 is 2.73 bits per heavy atom. The molecule has 2 aromatic carbocycles. The van der Waals surface area contributed by atoms with Gasteiger partial charge in [0.2, 0.25) is 15.9 Å². The van der Waals surface area contributed by atoms with Gasteiger partial charge in [0.15, 0.2) is 0 Å². The zero-order chi connectivity index (χ0) is 21.1. The van der Waals surface area contributed by atoms with Crippen LogP contribution in [0.5, 0.6) is 0 Å². The van der Waals surface area contributed by atoms with E-state index in [0.717, 1.165) is 23.2 Å². The van der Waals surface area contributed by atoms with Gasteiger partial charge in [0.25, 0.3) is 0 Å². The number of nitrogens with one attached hydrogen (secondary N) is 2. The quantitative estimate of drug-likeness (QED) is 0.622. The molecule has 1 aliphatic rings. The molecule has 4 rings (SSSR count). The molecule has 1 aromatic heterocycles. The number of sulfonamides is 1. The Morgan fingerprint density at radius 1 is 1.20 bits per heavy atom. The van der Waals surface area contributed by atoms with Gasteiger partial charge in [0.05, 0.1) is 24.2 Å². The van der Waals surface area contributed by atoms with E-state index < -0.39 is 20.7 Å². The van der Waals surface area contributed by atoms with E-state index in [1.54, 1.807) is 0 Å². The molecule has 1 amide bonds. The van der Waals surface area contributed by atoms with Crippen LogP contribution in [-0.2, 0) is 26.0 Å². The fourth-order valence-electron chi connectivity index (χ4n) is 3.28. The molecule has 1 aliphatic heterocycles. The van der Waals surface area contributed by atoms with Gasteiger partial charge in [-0.1, -0.05) is 12.1 Å². The first-order chi connectivity index (χ1) is 14.4. The first-order valence-corrected chi connectivity index (χ1v) is 11.0. The molecule has 2 N–H and O–H groups in total. The summed E-state index contributed by atoms with van der Waals surface area (Å²) < 4.78 is 46.1. The third kappa shape index (κ3) is 4.35. The summed E-state index contributed by atoms with van der Waals surface area (Å²) in [4.78, 5) is 19.4. The molecule has 0 spiro atoms. The van der Waals surface area contributed by atoms with Gasteiger partial charge in [-0.3, -0.25) is 4.79 Å². The maximum atomic E-state index is 14.3. The first-order valence-electron chi connectivity index (χ1n) is 9.54. The SMILES string of the molecule is O=C(CCc1nc2ccccc2[nH]1)Nc1ccc(F)c(S(=O)(=O)N2CCOCC2)c1. The number of amides is 1. The van der Waals surface area contributed by atoms with E-state index in [-0.39, 0.29) is 44.3 Å². The Hall–Kier alpha value is -2.82. The highest BCUT2D eigenvalue weighted by Gasteiger charge is 2.29. The zero-order valence-electron chi connectivity index (χ0n) is 16.1. The second-order valence-electron chi connectivity index (χ2n) is 6.91. The minimum atomic E-state index is -4.01. The number of H-pyrrole nitrogens is 1. The van der Waals surface area contributed by atoms with Gasteiger partial charge in [0, 0.05) is 31.6 Å². The highest BCUT2D eigenvalue weighted by atomic mass is 32.2. The van der Waals surface area contributed by atoms with Gasteiger partial charge >= 0.3 is 0 Å². The molecule has 10 heteroatoms. The van der Waals surface area contributed by atoms with Gasteiger partial charge in [-0.25, -0.2) is 17.8 Å². The fraction of sp³-hybridized carbons (Fsp3) is 0.300. The van der Waals surface area contributed by atoms with Gasteiger partial charge in [-0.15, -0.1) is 0 Å². The average molecular weight is 432 g/mol. The number of carbonyl (C=O) groups excluding carboxylic acids is 1. The maximum absolute atomic E-state index is 14.3. The van der Waals surface area contributed by atoms with E-state index in [1.165, 1.54) is 10.4 Å². The van der Waals surface area contributed by atoms with Crippen molar-refractivity contribution in [3.63, 3.8) is 0 Å². The lowest BCUT2D eigenvalue weighted by molar-refractivity contribution is -0.116. The van der Waals surface area contributed by atoms with Crippen molar-refractivity contribution in [2.24, 2.45) is 0 Å². The third-order valence-electron chi connectivity index (χ3n) is 4.83. The van der Waals surface area contributed by atoms with Gasteiger partial charge in [-0.05, 0) is 30.3 Å². The number of carbonyl (C=O) groups is 1. The number of para-hydroxylation sites is 2. The van der Waals surface area contributed by atoms with Crippen molar-refractivity contribution in [1.82, 2.24) is 14.3 Å². The van der Waals surface area contributed by atoms with Crippen LogP contribution in [0.1, 0.15) is 12.2 Å². The summed E-state index contributed by atoms with van der Waals surface area (Å²) in [6.45, 7) is 0.851. The van der Waals surface area contributed by atoms with Crippen molar-refractivity contribution >= 4 is 32.7 Å². The molecular weight excluding hydrogens is 411 g/mol. The van der Waals surface area contributed by atoms with Crippen LogP contribution in [0.25, 0.3) is 11.0 Å². The Kier molecular flexibility index (Phi) is 5.80. The van der Waals surface area contributed by atoms with Crippen molar-refractivity contribution < 1.29 is 22.3 Å². The lowest BCUT2D eigenvalue weighted by atomic mass is 10.2. The van der Waals surface area contributed by atoms with Gasteiger partial charge in [-0.2, -0.15) is 4.31 Å². The van der Waals surface area contributed by atoms with E-state index >= 15 is 0 Å². The standard InChI is InChI=1S/C20H21FN4O4S/c21-15-6-5-14(13-18(15)30(27,28)25-9-11-29-12-10-25)22-20(26)8-7-19-23-16-3-1-2-4-17(16)24-19/h1-6,13H,7-12H2,(H,22,26)(H,23,24). The first kappa shape index (κ1) is 20.5. The number of ether oxygens (including phenoxy) is 1. The summed E-state index contributed by atoms with van der Waals surface area (Å²) in [5, 5.41) is 2.63. The van der Waals surface area contributed by atoms with Crippen molar-refractivity contribution in [1.29, 1.82) is 0 Å². The summed E-state index contributed by atoms with van der Waals surface area (Å²) in [6.07, 6.45) is 0.531. The molecule has 30 heavy (non-hydrogen) atoms. The Labute approximate surface area is 173 Å². The molecule has 0 bridgehead atoms. The predicted octanol–water partition coefficient (Wildman–Crippen LogP) is 2.29. The monoisotopic (exact) mass is 432 g/mol. The molecule has 2 heterocycles. The molecule has 0 atom stereocenters. The number of morpholine rings is 1. The van der Waals surface area contributed by atoms with Gasteiger partial charge in [0.1, 0.15) is 16.5 Å². The molecule has 8 nitrogen and oxygen atoms in total. The maximum Gasteiger partial charge on any atom is 0.246 e. The number of aromatic amines is 1. The number of benzene rings is 2. The van der Waals surface area contributed by atoms with Crippen LogP contribution < -0.4 is 5.32 Å². The number of fused-ring (bicyclic) bond motifs is 1. The summed E-state index contributed by atoms with van der Waals surface area (Å²) in [5.74, 6) is -0.500. The molecule has 0 saturated carbocycles. The zero-order valence-corrected chi connectivity index (χ0v) is 16.9. The van der Waals surface area contributed by atoms with Crippen LogP contribution >= 0.6 is 0 Å². The molecule has 1 fully saturated rings. The molecule has 158 valence electrons. The molecule has 3 aromatic rings. The van der Waals surface area contributed by atoms with Crippen molar-refractivity contribution in [2.45, 2.75) is 17.7 Å². The lowest BCUT2D eigenvalue weighted by Crippen LogP contribution is -2.40. The number of hydrogen-bond acceptors (Lipinski definition) is 5. The summed E-state index contributed by atoms with van der Waals surface area (Å²) in [5.41, 5.74) is 1.94. The highest BCUT2D eigenvalue weighted by molar-refractivity contribution is 7.89. The number of imidazole rings is 1. The second-order valence-corrected chi connectivity index (χ2v) is 8.82. The number of hydrogen-bond donors (Lipinski definition) is 2. The van der Waals surface area contributed by atoms with E-state index in [2.05, 4.69) is 15.3 Å². The van der Waals surface area contributed by atoms with Crippen molar-refractivity contribution in [3.05, 3.63) is 54.1 Å². The minimum Gasteiger partial charge on any atom is -0.379 e. The number of aromatic nitrogens is 2. The van der Waals surface area contributed by atoms with Crippen LogP contribution in [0.3, 0.4) is 0 Å². The Bertz CT molecular complexity index is 1140. The van der Waals surface area contributed by atoms with E-state index in [0.29, 0.717) is 12.2 Å². The van der Waals surface area contributed by atoms with E-state index in [4.69, 9.17) is 4.74 Å². The molecule has 1 saturated heterocycles. The normalized spacial score (nSPS) is 15.4. The van der Waals surface area contributed by atoms with Crippen LogP contribution in [-0.4, -0.2) is 54.9 Å². The number of halogens is 1. The summed E-state index contributed by atoms with van der Waals surface area (Å²) in [7, 11) is -4.01. The number of anilines is 1. The number of nitrogens with zero attached hydrogens (tertiary/aromatic N) is 2. The fourth-order valence-corrected chi connectivity index (χ4v) is 4.78. The van der Waals surface area contributed by atoms with E-state index in [9.17, 15) is 17.6 Å². The second kappa shape index (κ2) is 8.50. The van der Waals surface area contributed by atoms with E-state index in [1.807, 2.05) is 24.3 Å². The Morgan fingerprint density at radius 2 is 1.97 bits per heavy atom. The molecule has 0 aliphatic carbocycles. The third-order valence-corrected chi connectivity index (χ3v) is 6.74. The molecule has 0 unspecified atom stereocenters. The summed E-state index contributed by atoms with van der Waals surface area (Å²) in [6, 6.07) is 11.1. The average Bonchev–Trinajstić information content (AvgIpc) is 3.17. The van der Waals surface area contributed by atoms with Crippen molar-refractivity contribution in [3.8, 4) is 0 Å². The smallest absolute Gasteiger partial charge is 0.246 e. The van der Waals surface area contributed by atoms with Crippen LogP contribution in [0.15, 0.2) is 47.4 Å². The summed E-state index contributed by atoms with van der Waals surface area (Å²) >= 11 is 0. The van der Waals surface area contributed by atoms with Crippen LogP contribution in [0.2, 0.25) is 0 Å². The molecular formula is C20H21FN4O4S. The Balaban J connectivity index is 1.44. The highest BCUT2D eigenvalue weighted by Crippen LogP contribution is 2.24. The largest absolute Gasteiger partial charge is 0.379 e. The number of rotatable bonds is 6. The minimum absolute atomic E-state index is 0.142. The predicted molar refractivity (Wildman–Crippen MR) is 109 cm³/mol. The van der Waals surface area contributed by atoms with Crippen LogP contribution in [0.4, 0.5) is 10.1 Å². The topological polar surface area (TPSA) is 104 Å². The van der Waals surface area contributed by atoms with Crippen LogP contribution in [0, 0.1) is 5.82 Å². The van der Waals surface area contributed by atoms with Gasteiger partial charge < -0.3 is 15.0 Å². The lowest BCUT2D eigenvalue weighted by Gasteiger charge is -2.26. The number of aryl methyl sites for hydroxylation is 1. The molecule has 0 radical (unpaired) electrons.